The highest BCUT2D eigenvalue weighted by atomic mass is 16.5. The summed E-state index contributed by atoms with van der Waals surface area (Å²) in [5, 5.41) is 3.14. The Kier molecular flexibility index (Phi) is 6.48. The van der Waals surface area contributed by atoms with E-state index in [2.05, 4.69) is 34.5 Å². The minimum Gasteiger partial charge on any atom is -0.378 e. The summed E-state index contributed by atoms with van der Waals surface area (Å²) in [5.74, 6) is -0.0161. The van der Waals surface area contributed by atoms with Gasteiger partial charge < -0.3 is 19.9 Å². The molecule has 27 heavy (non-hydrogen) atoms. The molecule has 0 aliphatic carbocycles. The van der Waals surface area contributed by atoms with Gasteiger partial charge in [-0.25, -0.2) is 0 Å². The van der Waals surface area contributed by atoms with E-state index in [0.29, 0.717) is 12.1 Å². The van der Waals surface area contributed by atoms with Crippen molar-refractivity contribution in [2.24, 2.45) is 0 Å². The van der Waals surface area contributed by atoms with Gasteiger partial charge in [-0.05, 0) is 31.2 Å². The molecular formula is C22H30N3O2+. The van der Waals surface area contributed by atoms with E-state index in [1.165, 1.54) is 16.2 Å². The number of morpholine rings is 1. The minimum absolute atomic E-state index is 0.0161. The third kappa shape index (κ3) is 5.08. The molecule has 144 valence electrons. The van der Waals surface area contributed by atoms with E-state index in [1.54, 1.807) is 0 Å². The zero-order chi connectivity index (χ0) is 19.2. The number of quaternary nitrogens is 1. The number of carbonyl (C=O) groups excluding carboxylic acids is 1. The fourth-order valence-electron chi connectivity index (χ4n) is 3.49. The molecule has 0 saturated carbocycles. The molecule has 0 unspecified atom stereocenters. The van der Waals surface area contributed by atoms with Gasteiger partial charge in [0.05, 0.1) is 19.8 Å². The van der Waals surface area contributed by atoms with Gasteiger partial charge in [-0.1, -0.05) is 29.8 Å². The second-order valence-electron chi connectivity index (χ2n) is 7.39. The molecule has 2 aromatic carbocycles. The lowest BCUT2D eigenvalue weighted by Crippen LogP contribution is -3.15. The molecule has 2 aromatic rings. The van der Waals surface area contributed by atoms with E-state index in [1.807, 2.05) is 45.3 Å². The first-order valence-electron chi connectivity index (χ1n) is 9.59. The van der Waals surface area contributed by atoms with Gasteiger partial charge in [0.25, 0.3) is 5.91 Å². The normalized spacial score (nSPS) is 16.0. The number of carbonyl (C=O) groups is 1. The first-order valence-corrected chi connectivity index (χ1v) is 9.59. The van der Waals surface area contributed by atoms with E-state index >= 15 is 0 Å². The Labute approximate surface area is 161 Å². The molecule has 5 heteroatoms. The van der Waals surface area contributed by atoms with Crippen LogP contribution in [-0.4, -0.2) is 52.9 Å². The first-order chi connectivity index (χ1) is 13.0. The molecule has 5 nitrogen and oxygen atoms in total. The van der Waals surface area contributed by atoms with E-state index in [9.17, 15) is 4.79 Å². The third-order valence-corrected chi connectivity index (χ3v) is 5.22. The molecule has 1 atom stereocenters. The summed E-state index contributed by atoms with van der Waals surface area (Å²) in [4.78, 5) is 16.1. The molecule has 1 aliphatic rings. The number of nitrogens with zero attached hydrogens (tertiary/aromatic N) is 1. The minimum atomic E-state index is -0.0161. The number of benzene rings is 2. The SMILES string of the molecule is Cc1ccc(C(=O)NC[C@@H](c2ccc(N(C)C)cc2)[NH+]2CCOCC2)cc1. The predicted octanol–water partition coefficient (Wildman–Crippen LogP) is 1.45. The maximum Gasteiger partial charge on any atom is 0.251 e. The van der Waals surface area contributed by atoms with Gasteiger partial charge in [-0.2, -0.15) is 0 Å². The van der Waals surface area contributed by atoms with Crippen LogP contribution in [0.3, 0.4) is 0 Å². The molecule has 2 N–H and O–H groups in total. The van der Waals surface area contributed by atoms with Crippen molar-refractivity contribution in [3.05, 3.63) is 65.2 Å². The lowest BCUT2D eigenvalue weighted by atomic mass is 10.0. The molecular weight excluding hydrogens is 338 g/mol. The molecule has 1 heterocycles. The number of nitrogens with one attached hydrogen (secondary N) is 2. The van der Waals surface area contributed by atoms with Crippen molar-refractivity contribution in [3.8, 4) is 0 Å². The fourth-order valence-corrected chi connectivity index (χ4v) is 3.49. The van der Waals surface area contributed by atoms with Crippen molar-refractivity contribution in [2.45, 2.75) is 13.0 Å². The summed E-state index contributed by atoms with van der Waals surface area (Å²) in [6.45, 7) is 6.10. The largest absolute Gasteiger partial charge is 0.378 e. The van der Waals surface area contributed by atoms with Gasteiger partial charge in [-0.3, -0.25) is 4.79 Å². The standard InChI is InChI=1S/C22H29N3O2/c1-17-4-6-19(7-5-17)22(26)23-16-21(25-12-14-27-15-13-25)18-8-10-20(11-9-18)24(2)3/h4-11,21H,12-16H2,1-3H3,(H,23,26)/p+1/t21-/m0/s1. The summed E-state index contributed by atoms with van der Waals surface area (Å²) >= 11 is 0. The van der Waals surface area contributed by atoms with Gasteiger partial charge >= 0.3 is 0 Å². The Morgan fingerprint density at radius 3 is 2.30 bits per heavy atom. The molecule has 0 aromatic heterocycles. The molecule has 1 aliphatic heterocycles. The van der Waals surface area contributed by atoms with Gasteiger partial charge in [0.2, 0.25) is 0 Å². The summed E-state index contributed by atoms with van der Waals surface area (Å²) < 4.78 is 5.53. The summed E-state index contributed by atoms with van der Waals surface area (Å²) in [7, 11) is 4.09. The topological polar surface area (TPSA) is 46.0 Å². The molecule has 1 amide bonds. The first kappa shape index (κ1) is 19.4. The number of rotatable bonds is 6. The predicted molar refractivity (Wildman–Crippen MR) is 109 cm³/mol. The third-order valence-electron chi connectivity index (χ3n) is 5.22. The number of amides is 1. The zero-order valence-corrected chi connectivity index (χ0v) is 16.5. The van der Waals surface area contributed by atoms with Crippen molar-refractivity contribution in [1.82, 2.24) is 5.32 Å². The van der Waals surface area contributed by atoms with Crippen LogP contribution >= 0.6 is 0 Å². The summed E-state index contributed by atoms with van der Waals surface area (Å²) in [6, 6.07) is 16.6. The number of hydrogen-bond donors (Lipinski definition) is 2. The van der Waals surface area contributed by atoms with Gasteiger partial charge in [0.1, 0.15) is 19.1 Å². The van der Waals surface area contributed by atoms with Crippen LogP contribution < -0.4 is 15.1 Å². The van der Waals surface area contributed by atoms with Crippen molar-refractivity contribution in [2.75, 3.05) is 51.8 Å². The number of ether oxygens (including phenoxy) is 1. The highest BCUT2D eigenvalue weighted by Gasteiger charge is 2.27. The summed E-state index contributed by atoms with van der Waals surface area (Å²) in [5.41, 5.74) is 4.29. The molecule has 3 rings (SSSR count). The van der Waals surface area contributed by atoms with Crippen molar-refractivity contribution in [1.29, 1.82) is 0 Å². The maximum atomic E-state index is 12.6. The monoisotopic (exact) mass is 368 g/mol. The van der Waals surface area contributed by atoms with Crippen molar-refractivity contribution in [3.63, 3.8) is 0 Å². The summed E-state index contributed by atoms with van der Waals surface area (Å²) in [6.07, 6.45) is 0. The quantitative estimate of drug-likeness (QED) is 0.811. The molecule has 0 radical (unpaired) electrons. The Hall–Kier alpha value is -2.37. The Morgan fingerprint density at radius 1 is 1.07 bits per heavy atom. The van der Waals surface area contributed by atoms with E-state index in [4.69, 9.17) is 4.74 Å². The second-order valence-corrected chi connectivity index (χ2v) is 7.39. The lowest BCUT2D eigenvalue weighted by Gasteiger charge is -2.32. The van der Waals surface area contributed by atoms with E-state index in [-0.39, 0.29) is 11.9 Å². The van der Waals surface area contributed by atoms with Crippen LogP contribution in [0.4, 0.5) is 5.69 Å². The van der Waals surface area contributed by atoms with Gasteiger partial charge in [0.15, 0.2) is 0 Å². The average Bonchev–Trinajstić information content (AvgIpc) is 2.69. The molecule has 0 bridgehead atoms. The highest BCUT2D eigenvalue weighted by Crippen LogP contribution is 2.16. The van der Waals surface area contributed by atoms with Crippen molar-refractivity contribution >= 4 is 11.6 Å². The zero-order valence-electron chi connectivity index (χ0n) is 16.5. The van der Waals surface area contributed by atoms with E-state index < -0.39 is 0 Å². The molecule has 1 saturated heterocycles. The second kappa shape index (κ2) is 9.02. The van der Waals surface area contributed by atoms with Crippen LogP contribution in [0.15, 0.2) is 48.5 Å². The highest BCUT2D eigenvalue weighted by molar-refractivity contribution is 5.94. The molecule has 1 fully saturated rings. The average molecular weight is 369 g/mol. The number of hydrogen-bond acceptors (Lipinski definition) is 3. The van der Waals surface area contributed by atoms with E-state index in [0.717, 1.165) is 31.9 Å². The van der Waals surface area contributed by atoms with Crippen LogP contribution in [0, 0.1) is 6.92 Å². The van der Waals surface area contributed by atoms with Gasteiger partial charge in [-0.15, -0.1) is 0 Å². The maximum absolute atomic E-state index is 12.6. The van der Waals surface area contributed by atoms with Crippen molar-refractivity contribution < 1.29 is 14.4 Å². The van der Waals surface area contributed by atoms with Crippen LogP contribution in [0.1, 0.15) is 27.5 Å². The smallest absolute Gasteiger partial charge is 0.251 e. The fraction of sp³-hybridized carbons (Fsp3) is 0.409. The Morgan fingerprint density at radius 2 is 1.70 bits per heavy atom. The van der Waals surface area contributed by atoms with Crippen LogP contribution in [0.5, 0.6) is 0 Å². The Bertz CT molecular complexity index is 735. The lowest BCUT2D eigenvalue weighted by molar-refractivity contribution is -0.937. The Balaban J connectivity index is 1.73. The van der Waals surface area contributed by atoms with Crippen LogP contribution in [0.25, 0.3) is 0 Å². The van der Waals surface area contributed by atoms with Gasteiger partial charge in [0, 0.05) is 30.9 Å². The van der Waals surface area contributed by atoms with Crippen LogP contribution in [-0.2, 0) is 4.74 Å². The van der Waals surface area contributed by atoms with Crippen LogP contribution in [0.2, 0.25) is 0 Å². The molecule has 0 spiro atoms. The number of anilines is 1. The number of aryl methyl sites for hydroxylation is 1.